The van der Waals surface area contributed by atoms with Gasteiger partial charge in [0, 0.05) is 5.56 Å². The number of fused-ring (bicyclic) bond motifs is 1. The van der Waals surface area contributed by atoms with E-state index in [4.69, 9.17) is 9.15 Å². The van der Waals surface area contributed by atoms with Crippen LogP contribution in [0.25, 0.3) is 11.1 Å². The molecule has 0 aliphatic rings. The van der Waals surface area contributed by atoms with Gasteiger partial charge in [0.15, 0.2) is 0 Å². The largest absolute Gasteiger partial charge is 0.443 e. The molecule has 0 spiro atoms. The number of aryl methyl sites for hydroxylation is 2. The first-order valence-electron chi connectivity index (χ1n) is 6.42. The van der Waals surface area contributed by atoms with Crippen LogP contribution in [0.4, 0.5) is 13.2 Å². The summed E-state index contributed by atoms with van der Waals surface area (Å²) in [5.41, 5.74) is 0.347. The van der Waals surface area contributed by atoms with E-state index in [1.807, 2.05) is 6.92 Å². The first-order valence-corrected chi connectivity index (χ1v) is 6.42. The first-order chi connectivity index (χ1) is 10.4. The molecular formula is C15H11F3N2O2. The number of furan rings is 1. The monoisotopic (exact) mass is 308 g/mol. The molecule has 4 nitrogen and oxygen atoms in total. The second-order valence-electron chi connectivity index (χ2n) is 4.77. The maximum atomic E-state index is 12.7. The number of alkyl halides is 3. The van der Waals surface area contributed by atoms with E-state index >= 15 is 0 Å². The number of halogens is 3. The summed E-state index contributed by atoms with van der Waals surface area (Å²) >= 11 is 0. The van der Waals surface area contributed by atoms with E-state index < -0.39 is 11.7 Å². The van der Waals surface area contributed by atoms with Crippen LogP contribution in [0, 0.1) is 13.8 Å². The van der Waals surface area contributed by atoms with E-state index in [0.29, 0.717) is 16.9 Å². The van der Waals surface area contributed by atoms with Crippen molar-refractivity contribution in [1.82, 2.24) is 9.97 Å². The lowest BCUT2D eigenvalue weighted by Crippen LogP contribution is -2.04. The smallest absolute Gasteiger partial charge is 0.416 e. The molecule has 0 fully saturated rings. The quantitative estimate of drug-likeness (QED) is 0.691. The predicted octanol–water partition coefficient (Wildman–Crippen LogP) is 4.65. The zero-order valence-corrected chi connectivity index (χ0v) is 11.7. The SMILES string of the molecule is Cc1oc2ncnc(Oc3cccc(C(F)(F)F)c3)c2c1C. The van der Waals surface area contributed by atoms with Crippen LogP contribution in [0.2, 0.25) is 0 Å². The van der Waals surface area contributed by atoms with E-state index in [1.54, 1.807) is 6.92 Å². The molecule has 0 saturated carbocycles. The van der Waals surface area contributed by atoms with Crippen LogP contribution in [-0.4, -0.2) is 9.97 Å². The van der Waals surface area contributed by atoms with Gasteiger partial charge >= 0.3 is 6.18 Å². The van der Waals surface area contributed by atoms with Gasteiger partial charge in [0.1, 0.15) is 23.2 Å². The van der Waals surface area contributed by atoms with E-state index in [-0.39, 0.29) is 11.6 Å². The van der Waals surface area contributed by atoms with Gasteiger partial charge in [0.05, 0.1) is 5.56 Å². The Bertz CT molecular complexity index is 840. The zero-order chi connectivity index (χ0) is 15.9. The Labute approximate surface area is 123 Å². The first kappa shape index (κ1) is 14.4. The van der Waals surface area contributed by atoms with Crippen molar-refractivity contribution in [2.24, 2.45) is 0 Å². The molecule has 0 radical (unpaired) electrons. The maximum absolute atomic E-state index is 12.7. The fourth-order valence-electron chi connectivity index (χ4n) is 2.08. The van der Waals surface area contributed by atoms with Crippen molar-refractivity contribution in [3.63, 3.8) is 0 Å². The van der Waals surface area contributed by atoms with Gasteiger partial charge in [0.25, 0.3) is 0 Å². The highest BCUT2D eigenvalue weighted by Crippen LogP contribution is 2.35. The minimum Gasteiger partial charge on any atom is -0.443 e. The second kappa shape index (κ2) is 5.01. The van der Waals surface area contributed by atoms with Crippen molar-refractivity contribution in [3.05, 3.63) is 47.5 Å². The lowest BCUT2D eigenvalue weighted by Gasteiger charge is -2.09. The molecule has 0 unspecified atom stereocenters. The van der Waals surface area contributed by atoms with Gasteiger partial charge in [-0.25, -0.2) is 9.97 Å². The Balaban J connectivity index is 2.04. The summed E-state index contributed by atoms with van der Waals surface area (Å²) in [4.78, 5) is 7.98. The number of nitrogens with zero attached hydrogens (tertiary/aromatic N) is 2. The fourth-order valence-corrected chi connectivity index (χ4v) is 2.08. The number of ether oxygens (including phenoxy) is 1. The van der Waals surface area contributed by atoms with Crippen molar-refractivity contribution < 1.29 is 22.3 Å². The van der Waals surface area contributed by atoms with E-state index in [0.717, 1.165) is 17.7 Å². The summed E-state index contributed by atoms with van der Waals surface area (Å²) in [5.74, 6) is 0.871. The number of benzene rings is 1. The molecule has 2 heterocycles. The molecule has 114 valence electrons. The third-order valence-electron chi connectivity index (χ3n) is 3.31. The van der Waals surface area contributed by atoms with Crippen molar-refractivity contribution >= 4 is 11.1 Å². The molecule has 0 bridgehead atoms. The predicted molar refractivity (Wildman–Crippen MR) is 72.8 cm³/mol. The molecule has 0 atom stereocenters. The molecular weight excluding hydrogens is 297 g/mol. The molecule has 0 aliphatic carbocycles. The average molecular weight is 308 g/mol. The van der Waals surface area contributed by atoms with Gasteiger partial charge in [-0.05, 0) is 32.0 Å². The minimum atomic E-state index is -4.43. The van der Waals surface area contributed by atoms with Gasteiger partial charge in [-0.1, -0.05) is 6.07 Å². The Kier molecular flexibility index (Phi) is 3.27. The minimum absolute atomic E-state index is 0.0491. The van der Waals surface area contributed by atoms with Crippen LogP contribution < -0.4 is 4.74 Å². The molecule has 2 aromatic heterocycles. The normalized spacial score (nSPS) is 11.9. The van der Waals surface area contributed by atoms with Crippen LogP contribution in [0.15, 0.2) is 35.0 Å². The summed E-state index contributed by atoms with van der Waals surface area (Å²) in [6.07, 6.45) is -3.18. The summed E-state index contributed by atoms with van der Waals surface area (Å²) in [5, 5.41) is 0.553. The summed E-state index contributed by atoms with van der Waals surface area (Å²) in [6.45, 7) is 3.58. The van der Waals surface area contributed by atoms with Crippen molar-refractivity contribution in [1.29, 1.82) is 0 Å². The molecule has 22 heavy (non-hydrogen) atoms. The Morgan fingerprint density at radius 3 is 2.64 bits per heavy atom. The van der Waals surface area contributed by atoms with Crippen molar-refractivity contribution in [2.75, 3.05) is 0 Å². The summed E-state index contributed by atoms with van der Waals surface area (Å²) in [7, 11) is 0. The number of aromatic nitrogens is 2. The van der Waals surface area contributed by atoms with Crippen LogP contribution >= 0.6 is 0 Å². The second-order valence-corrected chi connectivity index (χ2v) is 4.77. The number of hydrogen-bond acceptors (Lipinski definition) is 4. The topological polar surface area (TPSA) is 48.2 Å². The average Bonchev–Trinajstić information content (AvgIpc) is 2.75. The van der Waals surface area contributed by atoms with Crippen molar-refractivity contribution in [2.45, 2.75) is 20.0 Å². The molecule has 0 saturated heterocycles. The third-order valence-corrected chi connectivity index (χ3v) is 3.31. The highest BCUT2D eigenvalue weighted by molar-refractivity contribution is 5.83. The standard InChI is InChI=1S/C15H11F3N2O2/c1-8-9(2)21-13-12(8)14(20-7-19-13)22-11-5-3-4-10(6-11)15(16,17)18/h3-7H,1-2H3. The Morgan fingerprint density at radius 1 is 1.14 bits per heavy atom. The van der Waals surface area contributed by atoms with Gasteiger partial charge < -0.3 is 9.15 Å². The molecule has 0 amide bonds. The van der Waals surface area contributed by atoms with Crippen LogP contribution in [0.5, 0.6) is 11.6 Å². The summed E-state index contributed by atoms with van der Waals surface area (Å²) < 4.78 is 49.1. The third kappa shape index (κ3) is 2.49. The molecule has 3 aromatic rings. The van der Waals surface area contributed by atoms with Crippen LogP contribution in [-0.2, 0) is 6.18 Å². The van der Waals surface area contributed by atoms with E-state index in [2.05, 4.69) is 9.97 Å². The lowest BCUT2D eigenvalue weighted by atomic mass is 10.2. The lowest BCUT2D eigenvalue weighted by molar-refractivity contribution is -0.137. The van der Waals surface area contributed by atoms with E-state index in [1.165, 1.54) is 18.5 Å². The summed E-state index contributed by atoms with van der Waals surface area (Å²) in [6, 6.07) is 4.63. The van der Waals surface area contributed by atoms with Gasteiger partial charge in [-0.15, -0.1) is 0 Å². The maximum Gasteiger partial charge on any atom is 0.416 e. The van der Waals surface area contributed by atoms with Crippen LogP contribution in [0.1, 0.15) is 16.9 Å². The zero-order valence-electron chi connectivity index (χ0n) is 11.7. The van der Waals surface area contributed by atoms with E-state index in [9.17, 15) is 13.2 Å². The van der Waals surface area contributed by atoms with Crippen molar-refractivity contribution in [3.8, 4) is 11.6 Å². The number of rotatable bonds is 2. The highest BCUT2D eigenvalue weighted by atomic mass is 19.4. The molecule has 3 rings (SSSR count). The number of hydrogen-bond donors (Lipinski definition) is 0. The molecule has 0 N–H and O–H groups in total. The Hall–Kier alpha value is -2.57. The van der Waals surface area contributed by atoms with Crippen LogP contribution in [0.3, 0.4) is 0 Å². The van der Waals surface area contributed by atoms with Gasteiger partial charge in [0.2, 0.25) is 11.6 Å². The molecule has 0 aliphatic heterocycles. The Morgan fingerprint density at radius 2 is 1.91 bits per heavy atom. The van der Waals surface area contributed by atoms with Gasteiger partial charge in [-0.2, -0.15) is 13.2 Å². The molecule has 7 heteroatoms. The fraction of sp³-hybridized carbons (Fsp3) is 0.200. The van der Waals surface area contributed by atoms with Gasteiger partial charge in [-0.3, -0.25) is 0 Å². The highest BCUT2D eigenvalue weighted by Gasteiger charge is 2.30. The molecule has 1 aromatic carbocycles.